The maximum absolute atomic E-state index is 12.3. The van der Waals surface area contributed by atoms with Gasteiger partial charge in [0.15, 0.2) is 0 Å². The molecule has 0 aromatic heterocycles. The molecule has 1 saturated carbocycles. The molecule has 2 rings (SSSR count). The first-order chi connectivity index (χ1) is 10.1. The quantitative estimate of drug-likeness (QED) is 0.698. The van der Waals surface area contributed by atoms with Crippen LogP contribution in [0, 0.1) is 11.8 Å². The summed E-state index contributed by atoms with van der Waals surface area (Å²) in [6.45, 7) is 2.87. The van der Waals surface area contributed by atoms with Gasteiger partial charge in [0.05, 0.1) is 0 Å². The monoisotopic (exact) mass is 295 g/mol. The lowest BCUT2D eigenvalue weighted by Crippen LogP contribution is -2.43. The number of aliphatic carboxylic acids is 1. The summed E-state index contributed by atoms with van der Waals surface area (Å²) in [6.07, 6.45) is 10.6. The van der Waals surface area contributed by atoms with Crippen LogP contribution in [-0.4, -0.2) is 34.5 Å². The van der Waals surface area contributed by atoms with Crippen LogP contribution in [0.15, 0.2) is 0 Å². The summed E-state index contributed by atoms with van der Waals surface area (Å²) in [7, 11) is 0. The highest BCUT2D eigenvalue weighted by atomic mass is 16.4. The molecule has 21 heavy (non-hydrogen) atoms. The second-order valence-electron chi connectivity index (χ2n) is 6.70. The van der Waals surface area contributed by atoms with Crippen molar-refractivity contribution >= 4 is 11.9 Å². The van der Waals surface area contributed by atoms with Gasteiger partial charge in [-0.25, -0.2) is 4.79 Å². The molecule has 1 heterocycles. The third-order valence-electron chi connectivity index (χ3n) is 5.21. The summed E-state index contributed by atoms with van der Waals surface area (Å²) in [5.74, 6) is -0.108. The minimum absolute atomic E-state index is 0.0623. The van der Waals surface area contributed by atoms with Gasteiger partial charge in [0, 0.05) is 13.0 Å². The maximum Gasteiger partial charge on any atom is 0.326 e. The van der Waals surface area contributed by atoms with Crippen molar-refractivity contribution in [1.29, 1.82) is 0 Å². The highest BCUT2D eigenvalue weighted by molar-refractivity contribution is 5.84. The van der Waals surface area contributed by atoms with Crippen LogP contribution in [0.5, 0.6) is 0 Å². The maximum atomic E-state index is 12.3. The predicted molar refractivity (Wildman–Crippen MR) is 82.0 cm³/mol. The van der Waals surface area contributed by atoms with Crippen LogP contribution in [0.3, 0.4) is 0 Å². The number of carbonyl (C=O) groups is 2. The number of hydrogen-bond donors (Lipinski definition) is 1. The molecular weight excluding hydrogens is 266 g/mol. The van der Waals surface area contributed by atoms with Crippen LogP contribution in [0.2, 0.25) is 0 Å². The average molecular weight is 295 g/mol. The molecule has 2 aliphatic rings. The molecule has 0 spiro atoms. The molecule has 3 unspecified atom stereocenters. The van der Waals surface area contributed by atoms with Gasteiger partial charge in [-0.2, -0.15) is 0 Å². The Hall–Kier alpha value is -1.06. The standard InChI is InChI=1S/C17H29NO3/c1-2-3-4-5-6-7-11-15(19)18-12-13-9-8-10-14(13)16(18)17(20)21/h13-14,16H,2-12H2,1H3,(H,20,21). The molecule has 1 aliphatic heterocycles. The van der Waals surface area contributed by atoms with E-state index in [0.29, 0.717) is 18.9 Å². The van der Waals surface area contributed by atoms with Crippen LogP contribution < -0.4 is 0 Å². The summed E-state index contributed by atoms with van der Waals surface area (Å²) in [5, 5.41) is 9.45. The minimum atomic E-state index is -0.805. The predicted octanol–water partition coefficient (Wildman–Crippen LogP) is 3.45. The lowest BCUT2D eigenvalue weighted by molar-refractivity contribution is -0.149. The summed E-state index contributed by atoms with van der Waals surface area (Å²) in [6, 6.07) is -0.551. The fraction of sp³-hybridized carbons (Fsp3) is 0.882. The van der Waals surface area contributed by atoms with Gasteiger partial charge in [-0.05, 0) is 31.1 Å². The van der Waals surface area contributed by atoms with Crippen molar-refractivity contribution < 1.29 is 14.7 Å². The van der Waals surface area contributed by atoms with Crippen molar-refractivity contribution in [2.24, 2.45) is 11.8 Å². The first-order valence-electron chi connectivity index (χ1n) is 8.67. The van der Waals surface area contributed by atoms with Crippen LogP contribution in [-0.2, 0) is 9.59 Å². The van der Waals surface area contributed by atoms with Crippen molar-refractivity contribution in [3.63, 3.8) is 0 Å². The average Bonchev–Trinajstić information content (AvgIpc) is 3.01. The van der Waals surface area contributed by atoms with E-state index in [4.69, 9.17) is 0 Å². The van der Waals surface area contributed by atoms with Gasteiger partial charge >= 0.3 is 5.97 Å². The molecule has 3 atom stereocenters. The van der Waals surface area contributed by atoms with Crippen molar-refractivity contribution in [3.8, 4) is 0 Å². The van der Waals surface area contributed by atoms with Crippen molar-refractivity contribution in [2.75, 3.05) is 6.54 Å². The molecule has 0 aromatic carbocycles. The zero-order chi connectivity index (χ0) is 15.2. The topological polar surface area (TPSA) is 57.6 Å². The van der Waals surface area contributed by atoms with E-state index in [1.54, 1.807) is 4.90 Å². The molecule has 1 amide bonds. The van der Waals surface area contributed by atoms with Gasteiger partial charge in [-0.15, -0.1) is 0 Å². The first kappa shape index (κ1) is 16.3. The summed E-state index contributed by atoms with van der Waals surface area (Å²) in [4.78, 5) is 25.5. The Balaban J connectivity index is 1.77. The number of unbranched alkanes of at least 4 members (excludes halogenated alkanes) is 5. The van der Waals surface area contributed by atoms with E-state index in [-0.39, 0.29) is 11.8 Å². The van der Waals surface area contributed by atoms with Gasteiger partial charge < -0.3 is 10.0 Å². The zero-order valence-electron chi connectivity index (χ0n) is 13.2. The Bertz CT molecular complexity index is 369. The van der Waals surface area contributed by atoms with Gasteiger partial charge in [0.1, 0.15) is 6.04 Å². The fourth-order valence-electron chi connectivity index (χ4n) is 4.08. The summed E-state index contributed by atoms with van der Waals surface area (Å²) >= 11 is 0. The van der Waals surface area contributed by atoms with Gasteiger partial charge in [0.25, 0.3) is 0 Å². The Labute approximate surface area is 127 Å². The van der Waals surface area contributed by atoms with Gasteiger partial charge in [0.2, 0.25) is 5.91 Å². The number of carboxylic acid groups (broad SMARTS) is 1. The van der Waals surface area contributed by atoms with E-state index >= 15 is 0 Å². The number of rotatable bonds is 8. The molecule has 1 N–H and O–H groups in total. The Morgan fingerprint density at radius 3 is 2.52 bits per heavy atom. The molecule has 0 bridgehead atoms. The normalized spacial score (nSPS) is 27.9. The Morgan fingerprint density at radius 1 is 1.10 bits per heavy atom. The summed E-state index contributed by atoms with van der Waals surface area (Å²) in [5.41, 5.74) is 0. The van der Waals surface area contributed by atoms with Crippen LogP contribution in [0.4, 0.5) is 0 Å². The number of carbonyl (C=O) groups excluding carboxylic acids is 1. The van der Waals surface area contributed by atoms with Crippen LogP contribution >= 0.6 is 0 Å². The SMILES string of the molecule is CCCCCCCCC(=O)N1CC2CCCC2C1C(=O)O. The zero-order valence-corrected chi connectivity index (χ0v) is 13.2. The van der Waals surface area contributed by atoms with E-state index in [9.17, 15) is 14.7 Å². The fourth-order valence-corrected chi connectivity index (χ4v) is 4.08. The Morgan fingerprint density at radius 2 is 1.81 bits per heavy atom. The second kappa shape index (κ2) is 7.81. The van der Waals surface area contributed by atoms with Crippen molar-refractivity contribution in [2.45, 2.75) is 77.2 Å². The molecule has 0 radical (unpaired) electrons. The minimum Gasteiger partial charge on any atom is -0.480 e. The van der Waals surface area contributed by atoms with Crippen LogP contribution in [0.1, 0.15) is 71.1 Å². The lowest BCUT2D eigenvalue weighted by atomic mass is 9.94. The second-order valence-corrected chi connectivity index (χ2v) is 6.70. The Kier molecular flexibility index (Phi) is 6.07. The summed E-state index contributed by atoms with van der Waals surface area (Å²) < 4.78 is 0. The smallest absolute Gasteiger partial charge is 0.326 e. The molecule has 0 aromatic rings. The van der Waals surface area contributed by atoms with E-state index < -0.39 is 12.0 Å². The number of amides is 1. The van der Waals surface area contributed by atoms with Gasteiger partial charge in [-0.1, -0.05) is 45.4 Å². The third-order valence-corrected chi connectivity index (χ3v) is 5.21. The number of hydrogen-bond acceptors (Lipinski definition) is 2. The number of carboxylic acids is 1. The third kappa shape index (κ3) is 3.98. The van der Waals surface area contributed by atoms with Crippen molar-refractivity contribution in [1.82, 2.24) is 4.90 Å². The molecule has 4 nitrogen and oxygen atoms in total. The number of likely N-dealkylation sites (tertiary alicyclic amines) is 1. The van der Waals surface area contributed by atoms with E-state index in [1.165, 1.54) is 25.7 Å². The number of nitrogens with zero attached hydrogens (tertiary/aromatic N) is 1. The van der Waals surface area contributed by atoms with Gasteiger partial charge in [-0.3, -0.25) is 4.79 Å². The van der Waals surface area contributed by atoms with Crippen molar-refractivity contribution in [3.05, 3.63) is 0 Å². The largest absolute Gasteiger partial charge is 0.480 e. The van der Waals surface area contributed by atoms with E-state index in [0.717, 1.165) is 32.1 Å². The highest BCUT2D eigenvalue weighted by Gasteiger charge is 2.49. The molecular formula is C17H29NO3. The first-order valence-corrected chi connectivity index (χ1v) is 8.67. The number of fused-ring (bicyclic) bond motifs is 1. The lowest BCUT2D eigenvalue weighted by Gasteiger charge is -2.24. The molecule has 2 fully saturated rings. The van der Waals surface area contributed by atoms with E-state index in [1.807, 2.05) is 0 Å². The van der Waals surface area contributed by atoms with E-state index in [2.05, 4.69) is 6.92 Å². The molecule has 120 valence electrons. The van der Waals surface area contributed by atoms with Crippen LogP contribution in [0.25, 0.3) is 0 Å². The molecule has 1 saturated heterocycles. The molecule has 1 aliphatic carbocycles. The molecule has 4 heteroatoms. The highest BCUT2D eigenvalue weighted by Crippen LogP contribution is 2.42.